The van der Waals surface area contributed by atoms with E-state index in [0.717, 1.165) is 10.9 Å². The molecule has 2 aromatic rings. The molecule has 0 bridgehead atoms. The van der Waals surface area contributed by atoms with Gasteiger partial charge in [-0.25, -0.2) is 9.78 Å². The number of fused-ring (bicyclic) bond motifs is 1. The molecule has 0 atom stereocenters. The Morgan fingerprint density at radius 3 is 3.00 bits per heavy atom. The Morgan fingerprint density at radius 2 is 2.29 bits per heavy atom. The van der Waals surface area contributed by atoms with Gasteiger partial charge < -0.3 is 4.98 Å². The van der Waals surface area contributed by atoms with Crippen molar-refractivity contribution >= 4 is 10.9 Å². The maximum atomic E-state index is 10.9. The number of benzene rings is 1. The van der Waals surface area contributed by atoms with Gasteiger partial charge in [-0.2, -0.15) is 5.26 Å². The van der Waals surface area contributed by atoms with Crippen molar-refractivity contribution in [2.75, 3.05) is 0 Å². The Labute approximate surface area is 79.8 Å². The zero-order valence-electron chi connectivity index (χ0n) is 7.53. The fourth-order valence-corrected chi connectivity index (χ4v) is 1.41. The summed E-state index contributed by atoms with van der Waals surface area (Å²) in [6, 6.07) is 5.45. The van der Waals surface area contributed by atoms with Crippen LogP contribution in [-0.4, -0.2) is 9.97 Å². The number of hydrogen-bond acceptors (Lipinski definition) is 3. The molecule has 0 aliphatic rings. The standard InChI is InChI=1S/C10H7N3O/c1-6-2-7(4-11)3-9-8(6)5-12-10(14)13-9/h2-3,5H,1H3,(H,12,13,14). The second-order valence-electron chi connectivity index (χ2n) is 3.05. The third-order valence-electron chi connectivity index (χ3n) is 2.07. The van der Waals surface area contributed by atoms with Crippen molar-refractivity contribution in [3.05, 3.63) is 39.9 Å². The molecule has 0 fully saturated rings. The monoisotopic (exact) mass is 185 g/mol. The first-order valence-corrected chi connectivity index (χ1v) is 4.10. The Hall–Kier alpha value is -2.15. The quantitative estimate of drug-likeness (QED) is 0.668. The Bertz CT molecular complexity index is 592. The third-order valence-corrected chi connectivity index (χ3v) is 2.07. The average Bonchev–Trinajstić information content (AvgIpc) is 2.16. The van der Waals surface area contributed by atoms with Crippen molar-refractivity contribution in [3.8, 4) is 6.07 Å². The van der Waals surface area contributed by atoms with E-state index in [1.807, 2.05) is 13.0 Å². The number of nitrogens with one attached hydrogen (secondary N) is 1. The van der Waals surface area contributed by atoms with Gasteiger partial charge in [-0.05, 0) is 24.6 Å². The van der Waals surface area contributed by atoms with E-state index in [0.29, 0.717) is 11.1 Å². The number of rotatable bonds is 0. The van der Waals surface area contributed by atoms with Crippen LogP contribution in [-0.2, 0) is 0 Å². The van der Waals surface area contributed by atoms with E-state index < -0.39 is 5.69 Å². The summed E-state index contributed by atoms with van der Waals surface area (Å²) in [5.41, 5.74) is 1.73. The molecule has 1 N–H and O–H groups in total. The van der Waals surface area contributed by atoms with Crippen LogP contribution in [0.4, 0.5) is 0 Å². The highest BCUT2D eigenvalue weighted by molar-refractivity contribution is 5.82. The summed E-state index contributed by atoms with van der Waals surface area (Å²) in [5, 5.41) is 9.60. The number of aryl methyl sites for hydroxylation is 1. The minimum absolute atomic E-state index is 0.396. The van der Waals surface area contributed by atoms with Crippen molar-refractivity contribution in [2.24, 2.45) is 0 Å². The molecular formula is C10H7N3O. The van der Waals surface area contributed by atoms with Crippen molar-refractivity contribution in [3.63, 3.8) is 0 Å². The van der Waals surface area contributed by atoms with Crippen LogP contribution in [0.2, 0.25) is 0 Å². The largest absolute Gasteiger partial charge is 0.345 e. The van der Waals surface area contributed by atoms with Gasteiger partial charge in [0.15, 0.2) is 0 Å². The molecular weight excluding hydrogens is 178 g/mol. The normalized spacial score (nSPS) is 10.0. The zero-order chi connectivity index (χ0) is 10.1. The molecule has 0 amide bonds. The van der Waals surface area contributed by atoms with Crippen LogP contribution in [0.3, 0.4) is 0 Å². The van der Waals surface area contributed by atoms with Crippen LogP contribution in [0.1, 0.15) is 11.1 Å². The lowest BCUT2D eigenvalue weighted by Crippen LogP contribution is -2.08. The molecule has 0 aliphatic heterocycles. The van der Waals surface area contributed by atoms with Crippen LogP contribution in [0.5, 0.6) is 0 Å². The molecule has 4 heteroatoms. The SMILES string of the molecule is Cc1cc(C#N)cc2[nH]c(=O)ncc12. The lowest BCUT2D eigenvalue weighted by molar-refractivity contribution is 1.12. The Kier molecular flexibility index (Phi) is 1.79. The predicted octanol–water partition coefficient (Wildman–Crippen LogP) is 1.10. The van der Waals surface area contributed by atoms with Gasteiger partial charge >= 0.3 is 5.69 Å². The number of nitriles is 1. The van der Waals surface area contributed by atoms with Crippen molar-refractivity contribution in [1.29, 1.82) is 5.26 Å². The first-order valence-electron chi connectivity index (χ1n) is 4.10. The summed E-state index contributed by atoms with van der Waals surface area (Å²) in [4.78, 5) is 17.2. The highest BCUT2D eigenvalue weighted by Gasteiger charge is 2.01. The summed E-state index contributed by atoms with van der Waals surface area (Å²) in [7, 11) is 0. The lowest BCUT2D eigenvalue weighted by atomic mass is 10.1. The minimum atomic E-state index is -0.396. The fourth-order valence-electron chi connectivity index (χ4n) is 1.41. The van der Waals surface area contributed by atoms with Crippen molar-refractivity contribution < 1.29 is 0 Å². The molecule has 2 rings (SSSR count). The molecule has 4 nitrogen and oxygen atoms in total. The number of aromatic amines is 1. The van der Waals surface area contributed by atoms with Gasteiger partial charge in [0.25, 0.3) is 0 Å². The smallest absolute Gasteiger partial charge is 0.305 e. The van der Waals surface area contributed by atoms with E-state index in [2.05, 4.69) is 9.97 Å². The highest BCUT2D eigenvalue weighted by atomic mass is 16.1. The first-order chi connectivity index (χ1) is 6.70. The van der Waals surface area contributed by atoms with E-state index in [9.17, 15) is 4.79 Å². The molecule has 0 aliphatic carbocycles. The average molecular weight is 185 g/mol. The molecule has 68 valence electrons. The summed E-state index contributed by atoms with van der Waals surface area (Å²) in [6.45, 7) is 1.88. The van der Waals surface area contributed by atoms with Crippen LogP contribution >= 0.6 is 0 Å². The van der Waals surface area contributed by atoms with Crippen LogP contribution in [0.15, 0.2) is 23.1 Å². The molecule has 1 aromatic heterocycles. The number of nitrogens with zero attached hydrogens (tertiary/aromatic N) is 2. The van der Waals surface area contributed by atoms with Crippen LogP contribution in [0.25, 0.3) is 10.9 Å². The molecule has 0 saturated heterocycles. The van der Waals surface area contributed by atoms with Gasteiger partial charge in [0.2, 0.25) is 0 Å². The Balaban J connectivity index is 2.92. The molecule has 1 heterocycles. The topological polar surface area (TPSA) is 69.5 Å². The minimum Gasteiger partial charge on any atom is -0.305 e. The third kappa shape index (κ3) is 1.25. The maximum absolute atomic E-state index is 10.9. The number of aromatic nitrogens is 2. The van der Waals surface area contributed by atoms with Gasteiger partial charge in [0, 0.05) is 11.6 Å². The van der Waals surface area contributed by atoms with Gasteiger partial charge in [0.05, 0.1) is 17.1 Å². The second kappa shape index (κ2) is 2.96. The van der Waals surface area contributed by atoms with Gasteiger partial charge in [-0.1, -0.05) is 0 Å². The van der Waals surface area contributed by atoms with Gasteiger partial charge in [-0.15, -0.1) is 0 Å². The predicted molar refractivity (Wildman–Crippen MR) is 51.8 cm³/mol. The number of hydrogen-bond donors (Lipinski definition) is 1. The summed E-state index contributed by atoms with van der Waals surface area (Å²) < 4.78 is 0. The number of H-pyrrole nitrogens is 1. The van der Waals surface area contributed by atoms with Gasteiger partial charge in [-0.3, -0.25) is 0 Å². The summed E-state index contributed by atoms with van der Waals surface area (Å²) in [5.74, 6) is 0. The highest BCUT2D eigenvalue weighted by Crippen LogP contribution is 2.15. The maximum Gasteiger partial charge on any atom is 0.345 e. The van der Waals surface area contributed by atoms with E-state index in [4.69, 9.17) is 5.26 Å². The van der Waals surface area contributed by atoms with E-state index in [-0.39, 0.29) is 0 Å². The molecule has 0 saturated carbocycles. The lowest BCUT2D eigenvalue weighted by Gasteiger charge is -2.00. The molecule has 14 heavy (non-hydrogen) atoms. The van der Waals surface area contributed by atoms with Crippen molar-refractivity contribution in [2.45, 2.75) is 6.92 Å². The van der Waals surface area contributed by atoms with Crippen LogP contribution in [0, 0.1) is 18.3 Å². The van der Waals surface area contributed by atoms with E-state index in [1.165, 1.54) is 6.20 Å². The summed E-state index contributed by atoms with van der Waals surface area (Å²) >= 11 is 0. The second-order valence-corrected chi connectivity index (χ2v) is 3.05. The zero-order valence-corrected chi connectivity index (χ0v) is 7.53. The van der Waals surface area contributed by atoms with Gasteiger partial charge in [0.1, 0.15) is 0 Å². The van der Waals surface area contributed by atoms with E-state index in [1.54, 1.807) is 12.1 Å². The van der Waals surface area contributed by atoms with Crippen molar-refractivity contribution in [1.82, 2.24) is 9.97 Å². The molecule has 0 radical (unpaired) electrons. The molecule has 1 aromatic carbocycles. The summed E-state index contributed by atoms with van der Waals surface area (Å²) in [6.07, 6.45) is 1.52. The fraction of sp³-hybridized carbons (Fsp3) is 0.100. The Morgan fingerprint density at radius 1 is 1.50 bits per heavy atom. The van der Waals surface area contributed by atoms with Crippen LogP contribution < -0.4 is 5.69 Å². The van der Waals surface area contributed by atoms with E-state index >= 15 is 0 Å². The molecule has 0 unspecified atom stereocenters. The first kappa shape index (κ1) is 8.45. The molecule has 0 spiro atoms.